The molecular weight excluding hydrogens is 150 g/mol. The van der Waals surface area contributed by atoms with Crippen molar-refractivity contribution in [1.29, 1.82) is 5.26 Å². The quantitative estimate of drug-likeness (QED) is 0.574. The molecule has 0 bridgehead atoms. The molecule has 3 heteroatoms. The minimum atomic E-state index is 0.376. The van der Waals surface area contributed by atoms with Crippen LogP contribution in [0.1, 0.15) is 5.69 Å². The number of benzene rings is 1. The van der Waals surface area contributed by atoms with Crippen LogP contribution in [0, 0.1) is 17.7 Å². The Labute approximate surface area is 69.3 Å². The maximum atomic E-state index is 8.68. The third-order valence-electron chi connectivity index (χ3n) is 1.60. The number of aromatic nitrogens is 2. The summed E-state index contributed by atoms with van der Waals surface area (Å²) in [6.07, 6.45) is 2.43. The van der Waals surface area contributed by atoms with Crippen LogP contribution in [0.15, 0.2) is 24.3 Å². The number of nitriles is 1. The zero-order valence-corrected chi connectivity index (χ0v) is 6.15. The van der Waals surface area contributed by atoms with Gasteiger partial charge >= 0.3 is 0 Å². The van der Waals surface area contributed by atoms with Gasteiger partial charge in [-0.15, -0.1) is 0 Å². The Bertz CT molecular complexity index is 451. The Morgan fingerprint density at radius 1 is 1.25 bits per heavy atom. The molecule has 12 heavy (non-hydrogen) atoms. The van der Waals surface area contributed by atoms with Crippen LogP contribution in [0.4, 0.5) is 0 Å². The summed E-state index contributed by atoms with van der Waals surface area (Å²) in [4.78, 5) is 7.63. The lowest BCUT2D eigenvalue weighted by atomic mass is 10.2. The maximum absolute atomic E-state index is 8.68. The Hall–Kier alpha value is -1.95. The number of fused-ring (bicyclic) bond motifs is 1. The minimum Gasteiger partial charge on any atom is -0.225 e. The van der Waals surface area contributed by atoms with Crippen molar-refractivity contribution in [2.75, 3.05) is 0 Å². The number of para-hydroxylation sites is 1. The molecule has 2 rings (SSSR count). The third-order valence-corrected chi connectivity index (χ3v) is 1.60. The van der Waals surface area contributed by atoms with Gasteiger partial charge in [-0.05, 0) is 12.1 Å². The first-order chi connectivity index (χ1) is 5.92. The predicted molar refractivity (Wildman–Crippen MR) is 43.1 cm³/mol. The van der Waals surface area contributed by atoms with Crippen LogP contribution < -0.4 is 0 Å². The molecule has 0 aliphatic carbocycles. The molecule has 1 radical (unpaired) electrons. The predicted octanol–water partition coefficient (Wildman–Crippen LogP) is 1.30. The van der Waals surface area contributed by atoms with E-state index >= 15 is 0 Å². The molecule has 0 fully saturated rings. The largest absolute Gasteiger partial charge is 0.225 e. The minimum absolute atomic E-state index is 0.376. The molecule has 0 saturated carbocycles. The van der Waals surface area contributed by atoms with Gasteiger partial charge in [-0.25, -0.2) is 9.97 Å². The molecule has 0 saturated heterocycles. The SMILES string of the molecule is N#Cc1n[c]nc2ccccc12. The van der Waals surface area contributed by atoms with Gasteiger partial charge in [0, 0.05) is 5.39 Å². The molecule has 0 spiro atoms. The molecule has 55 valence electrons. The first-order valence-corrected chi connectivity index (χ1v) is 3.45. The molecule has 0 aliphatic heterocycles. The summed E-state index contributed by atoms with van der Waals surface area (Å²) in [5, 5.41) is 9.45. The first kappa shape index (κ1) is 6.74. The van der Waals surface area contributed by atoms with Gasteiger partial charge in [-0.1, -0.05) is 12.1 Å². The molecule has 0 N–H and O–H groups in total. The van der Waals surface area contributed by atoms with Crippen LogP contribution in [0.5, 0.6) is 0 Å². The van der Waals surface area contributed by atoms with Crippen molar-refractivity contribution >= 4 is 10.9 Å². The van der Waals surface area contributed by atoms with E-state index in [9.17, 15) is 0 Å². The van der Waals surface area contributed by atoms with E-state index < -0.39 is 0 Å². The third kappa shape index (κ3) is 0.903. The maximum Gasteiger partial charge on any atom is 0.199 e. The van der Waals surface area contributed by atoms with Gasteiger partial charge in [0.15, 0.2) is 12.0 Å². The summed E-state index contributed by atoms with van der Waals surface area (Å²) in [5.41, 5.74) is 1.13. The van der Waals surface area contributed by atoms with Crippen molar-refractivity contribution in [3.8, 4) is 6.07 Å². The fourth-order valence-electron chi connectivity index (χ4n) is 1.05. The van der Waals surface area contributed by atoms with Gasteiger partial charge in [0.25, 0.3) is 0 Å². The van der Waals surface area contributed by atoms with E-state index in [1.54, 1.807) is 0 Å². The molecule has 0 unspecified atom stereocenters. The summed E-state index contributed by atoms with van der Waals surface area (Å²) in [7, 11) is 0. The Balaban J connectivity index is 2.91. The highest BCUT2D eigenvalue weighted by atomic mass is 14.8. The average molecular weight is 154 g/mol. The molecule has 2 aromatic rings. The molecule has 1 aromatic carbocycles. The van der Waals surface area contributed by atoms with Crippen molar-refractivity contribution in [2.24, 2.45) is 0 Å². The second-order valence-electron chi connectivity index (χ2n) is 2.30. The van der Waals surface area contributed by atoms with E-state index in [0.29, 0.717) is 5.69 Å². The normalized spacial score (nSPS) is 9.58. The Kier molecular flexibility index (Phi) is 1.45. The van der Waals surface area contributed by atoms with Gasteiger partial charge in [0.2, 0.25) is 0 Å². The summed E-state index contributed by atoms with van der Waals surface area (Å²) in [6.45, 7) is 0. The molecule has 3 nitrogen and oxygen atoms in total. The van der Waals surface area contributed by atoms with E-state index in [1.165, 1.54) is 0 Å². The lowest BCUT2D eigenvalue weighted by Crippen LogP contribution is -1.87. The lowest BCUT2D eigenvalue weighted by Gasteiger charge is -1.94. The number of rotatable bonds is 0. The highest BCUT2D eigenvalue weighted by Crippen LogP contribution is 2.11. The lowest BCUT2D eigenvalue weighted by molar-refractivity contribution is 1.17. The summed E-state index contributed by atoms with van der Waals surface area (Å²) in [5.74, 6) is 0. The smallest absolute Gasteiger partial charge is 0.199 e. The molecule has 1 heterocycles. The van der Waals surface area contributed by atoms with E-state index in [-0.39, 0.29) is 0 Å². The van der Waals surface area contributed by atoms with Crippen LogP contribution in [-0.2, 0) is 0 Å². The summed E-state index contributed by atoms with van der Waals surface area (Å²) < 4.78 is 0. The van der Waals surface area contributed by atoms with E-state index in [0.717, 1.165) is 10.9 Å². The first-order valence-electron chi connectivity index (χ1n) is 3.45. The van der Waals surface area contributed by atoms with Gasteiger partial charge < -0.3 is 0 Å². The number of nitrogens with zero attached hydrogens (tertiary/aromatic N) is 3. The molecule has 1 aromatic heterocycles. The molecule has 0 aliphatic rings. The van der Waals surface area contributed by atoms with Crippen molar-refractivity contribution < 1.29 is 0 Å². The fraction of sp³-hybridized carbons (Fsp3) is 0. The van der Waals surface area contributed by atoms with Crippen LogP contribution in [0.25, 0.3) is 10.9 Å². The van der Waals surface area contributed by atoms with Gasteiger partial charge in [-0.2, -0.15) is 5.26 Å². The molecular formula is C9H4N3. The second-order valence-corrected chi connectivity index (χ2v) is 2.30. The van der Waals surface area contributed by atoms with E-state index in [1.807, 2.05) is 30.3 Å². The van der Waals surface area contributed by atoms with Crippen molar-refractivity contribution in [3.63, 3.8) is 0 Å². The average Bonchev–Trinajstić information content (AvgIpc) is 2.17. The Morgan fingerprint density at radius 3 is 2.92 bits per heavy atom. The number of hydrogen-bond donors (Lipinski definition) is 0. The molecule has 0 amide bonds. The van der Waals surface area contributed by atoms with E-state index in [2.05, 4.69) is 16.3 Å². The monoisotopic (exact) mass is 154 g/mol. The zero-order chi connectivity index (χ0) is 8.39. The van der Waals surface area contributed by atoms with Gasteiger partial charge in [-0.3, -0.25) is 0 Å². The Morgan fingerprint density at radius 2 is 2.08 bits per heavy atom. The summed E-state index contributed by atoms with van der Waals surface area (Å²) in [6, 6.07) is 9.36. The van der Waals surface area contributed by atoms with Gasteiger partial charge in [0.05, 0.1) is 5.52 Å². The van der Waals surface area contributed by atoms with Crippen LogP contribution in [0.3, 0.4) is 0 Å². The topological polar surface area (TPSA) is 49.6 Å². The second kappa shape index (κ2) is 2.59. The van der Waals surface area contributed by atoms with Crippen LogP contribution in [-0.4, -0.2) is 9.97 Å². The van der Waals surface area contributed by atoms with Crippen molar-refractivity contribution in [1.82, 2.24) is 9.97 Å². The number of hydrogen-bond acceptors (Lipinski definition) is 3. The molecule has 0 atom stereocenters. The van der Waals surface area contributed by atoms with Crippen LogP contribution >= 0.6 is 0 Å². The van der Waals surface area contributed by atoms with Gasteiger partial charge in [0.1, 0.15) is 6.07 Å². The highest BCUT2D eigenvalue weighted by molar-refractivity contribution is 5.82. The van der Waals surface area contributed by atoms with Crippen LogP contribution in [0.2, 0.25) is 0 Å². The zero-order valence-electron chi connectivity index (χ0n) is 6.15. The highest BCUT2D eigenvalue weighted by Gasteiger charge is 1.99. The standard InChI is InChI=1S/C9H4N3/c10-5-9-7-3-1-2-4-8(7)11-6-12-9/h1-4H. The van der Waals surface area contributed by atoms with Crippen molar-refractivity contribution in [3.05, 3.63) is 36.3 Å². The van der Waals surface area contributed by atoms with Crippen molar-refractivity contribution in [2.45, 2.75) is 0 Å². The van der Waals surface area contributed by atoms with E-state index in [4.69, 9.17) is 5.26 Å². The summed E-state index contributed by atoms with van der Waals surface area (Å²) >= 11 is 0. The fourth-order valence-corrected chi connectivity index (χ4v) is 1.05.